The largest absolute Gasteiger partial charge is 0.497 e. The standard InChI is InChI=1S/C13H16O5/c1-13(12(16)17,7-6-11(14)15)9-4-3-5-10(8-9)18-2/h3-5,8H,6-7H2,1-2H3,(H,14,15)(H,16,17). The van der Waals surface area contributed by atoms with Gasteiger partial charge in [-0.25, -0.2) is 0 Å². The second-order valence-corrected chi connectivity index (χ2v) is 4.26. The molecule has 0 aliphatic rings. The first-order valence-electron chi connectivity index (χ1n) is 5.50. The third kappa shape index (κ3) is 3.00. The number of carboxylic acids is 2. The van der Waals surface area contributed by atoms with E-state index in [2.05, 4.69) is 0 Å². The van der Waals surface area contributed by atoms with E-state index in [0.29, 0.717) is 11.3 Å². The summed E-state index contributed by atoms with van der Waals surface area (Å²) in [5.74, 6) is -1.50. The fourth-order valence-corrected chi connectivity index (χ4v) is 1.70. The van der Waals surface area contributed by atoms with Crippen LogP contribution in [0.4, 0.5) is 0 Å². The number of rotatable bonds is 6. The van der Waals surface area contributed by atoms with E-state index in [9.17, 15) is 14.7 Å². The lowest BCUT2D eigenvalue weighted by Gasteiger charge is -2.25. The normalized spacial score (nSPS) is 13.7. The van der Waals surface area contributed by atoms with E-state index in [1.165, 1.54) is 14.0 Å². The Labute approximate surface area is 105 Å². The van der Waals surface area contributed by atoms with Gasteiger partial charge in [0, 0.05) is 6.42 Å². The minimum Gasteiger partial charge on any atom is -0.497 e. The van der Waals surface area contributed by atoms with E-state index in [4.69, 9.17) is 9.84 Å². The van der Waals surface area contributed by atoms with Crippen LogP contribution >= 0.6 is 0 Å². The summed E-state index contributed by atoms with van der Waals surface area (Å²) in [6.45, 7) is 1.52. The molecule has 0 aliphatic carbocycles. The van der Waals surface area contributed by atoms with Gasteiger partial charge in [0.15, 0.2) is 0 Å². The van der Waals surface area contributed by atoms with Gasteiger partial charge in [0.2, 0.25) is 0 Å². The molecule has 0 bridgehead atoms. The van der Waals surface area contributed by atoms with Crippen LogP contribution in [0.3, 0.4) is 0 Å². The maximum absolute atomic E-state index is 11.4. The number of hydrogen-bond donors (Lipinski definition) is 2. The lowest BCUT2D eigenvalue weighted by Crippen LogP contribution is -2.33. The quantitative estimate of drug-likeness (QED) is 0.807. The van der Waals surface area contributed by atoms with E-state index < -0.39 is 17.4 Å². The molecular formula is C13H16O5. The first kappa shape index (κ1) is 14.0. The summed E-state index contributed by atoms with van der Waals surface area (Å²) >= 11 is 0. The fourth-order valence-electron chi connectivity index (χ4n) is 1.70. The molecule has 0 spiro atoms. The van der Waals surface area contributed by atoms with Crippen molar-refractivity contribution in [1.29, 1.82) is 0 Å². The fraction of sp³-hybridized carbons (Fsp3) is 0.385. The van der Waals surface area contributed by atoms with Crippen LogP contribution in [0.25, 0.3) is 0 Å². The third-order valence-electron chi connectivity index (χ3n) is 3.02. The molecule has 0 radical (unpaired) electrons. The Bertz CT molecular complexity index is 454. The smallest absolute Gasteiger partial charge is 0.313 e. The van der Waals surface area contributed by atoms with E-state index >= 15 is 0 Å². The molecule has 0 fully saturated rings. The number of carbonyl (C=O) groups is 2. The Morgan fingerprint density at radius 1 is 1.33 bits per heavy atom. The SMILES string of the molecule is COc1cccc(C(C)(CCC(=O)O)C(=O)O)c1. The summed E-state index contributed by atoms with van der Waals surface area (Å²) < 4.78 is 5.05. The molecule has 0 heterocycles. The molecule has 0 aliphatic heterocycles. The van der Waals surface area contributed by atoms with Gasteiger partial charge in [-0.05, 0) is 31.0 Å². The van der Waals surface area contributed by atoms with Gasteiger partial charge in [0.1, 0.15) is 5.75 Å². The highest BCUT2D eigenvalue weighted by molar-refractivity contribution is 5.82. The molecular weight excluding hydrogens is 236 g/mol. The van der Waals surface area contributed by atoms with E-state index in [1.54, 1.807) is 24.3 Å². The van der Waals surface area contributed by atoms with Crippen molar-refractivity contribution in [2.45, 2.75) is 25.2 Å². The molecule has 2 N–H and O–H groups in total. The van der Waals surface area contributed by atoms with Crippen molar-refractivity contribution >= 4 is 11.9 Å². The number of benzene rings is 1. The summed E-state index contributed by atoms with van der Waals surface area (Å²) in [6.07, 6.45) is -0.162. The summed E-state index contributed by atoms with van der Waals surface area (Å²) in [5, 5.41) is 18.0. The van der Waals surface area contributed by atoms with Gasteiger partial charge < -0.3 is 14.9 Å². The topological polar surface area (TPSA) is 83.8 Å². The second kappa shape index (κ2) is 5.53. The Kier molecular flexibility index (Phi) is 4.31. The summed E-state index contributed by atoms with van der Waals surface area (Å²) in [5.41, 5.74) is -0.692. The molecule has 1 aromatic carbocycles. The lowest BCUT2D eigenvalue weighted by molar-refractivity contribution is -0.144. The molecule has 5 heteroatoms. The molecule has 98 valence electrons. The molecule has 5 nitrogen and oxygen atoms in total. The number of carboxylic acid groups (broad SMARTS) is 2. The minimum absolute atomic E-state index is 0.0326. The van der Waals surface area contributed by atoms with Crippen LogP contribution in [0.1, 0.15) is 25.3 Å². The van der Waals surface area contributed by atoms with Crippen LogP contribution in [0.5, 0.6) is 5.75 Å². The molecule has 1 unspecified atom stereocenters. The monoisotopic (exact) mass is 252 g/mol. The highest BCUT2D eigenvalue weighted by atomic mass is 16.5. The van der Waals surface area contributed by atoms with Crippen molar-refractivity contribution in [2.24, 2.45) is 0 Å². The summed E-state index contributed by atoms with van der Waals surface area (Å²) in [4.78, 5) is 22.0. The van der Waals surface area contributed by atoms with Crippen molar-refractivity contribution in [1.82, 2.24) is 0 Å². The molecule has 0 saturated heterocycles. The van der Waals surface area contributed by atoms with Crippen LogP contribution in [0.15, 0.2) is 24.3 Å². The third-order valence-corrected chi connectivity index (χ3v) is 3.02. The van der Waals surface area contributed by atoms with Crippen molar-refractivity contribution in [3.63, 3.8) is 0 Å². The zero-order valence-corrected chi connectivity index (χ0v) is 10.3. The van der Waals surface area contributed by atoms with Gasteiger partial charge in [-0.1, -0.05) is 12.1 Å². The van der Waals surface area contributed by atoms with Crippen molar-refractivity contribution in [3.05, 3.63) is 29.8 Å². The lowest BCUT2D eigenvalue weighted by atomic mass is 9.78. The summed E-state index contributed by atoms with van der Waals surface area (Å²) in [6, 6.07) is 6.69. The molecule has 0 saturated carbocycles. The van der Waals surface area contributed by atoms with Crippen LogP contribution in [0.2, 0.25) is 0 Å². The molecule has 18 heavy (non-hydrogen) atoms. The molecule has 1 atom stereocenters. The molecule has 0 amide bonds. The van der Waals surface area contributed by atoms with Crippen molar-refractivity contribution in [3.8, 4) is 5.75 Å². The zero-order chi connectivity index (χ0) is 13.8. The van der Waals surface area contributed by atoms with Crippen LogP contribution in [0, 0.1) is 0 Å². The maximum atomic E-state index is 11.4. The predicted molar refractivity (Wildman–Crippen MR) is 64.9 cm³/mol. The number of hydrogen-bond acceptors (Lipinski definition) is 3. The highest BCUT2D eigenvalue weighted by Crippen LogP contribution is 2.31. The van der Waals surface area contributed by atoms with Crippen LogP contribution < -0.4 is 4.74 Å². The highest BCUT2D eigenvalue weighted by Gasteiger charge is 2.35. The van der Waals surface area contributed by atoms with Crippen molar-refractivity contribution < 1.29 is 24.5 Å². The minimum atomic E-state index is -1.23. The van der Waals surface area contributed by atoms with E-state index in [-0.39, 0.29) is 12.8 Å². The van der Waals surface area contributed by atoms with Gasteiger partial charge in [0.05, 0.1) is 12.5 Å². The Morgan fingerprint density at radius 2 is 2.00 bits per heavy atom. The summed E-state index contributed by atoms with van der Waals surface area (Å²) in [7, 11) is 1.49. The number of methoxy groups -OCH3 is 1. The molecule has 0 aromatic heterocycles. The Hall–Kier alpha value is -2.04. The van der Waals surface area contributed by atoms with Crippen LogP contribution in [-0.2, 0) is 15.0 Å². The van der Waals surface area contributed by atoms with Crippen LogP contribution in [-0.4, -0.2) is 29.3 Å². The molecule has 1 aromatic rings. The Balaban J connectivity index is 3.09. The van der Waals surface area contributed by atoms with E-state index in [0.717, 1.165) is 0 Å². The first-order valence-corrected chi connectivity index (χ1v) is 5.50. The second-order valence-electron chi connectivity index (χ2n) is 4.26. The van der Waals surface area contributed by atoms with E-state index in [1.807, 2.05) is 0 Å². The van der Waals surface area contributed by atoms with Gasteiger partial charge in [0.25, 0.3) is 0 Å². The average molecular weight is 252 g/mol. The van der Waals surface area contributed by atoms with Gasteiger partial charge in [-0.15, -0.1) is 0 Å². The average Bonchev–Trinajstić information content (AvgIpc) is 2.35. The van der Waals surface area contributed by atoms with Gasteiger partial charge in [-0.3, -0.25) is 9.59 Å². The predicted octanol–water partition coefficient (Wildman–Crippen LogP) is 1.90. The number of aliphatic carboxylic acids is 2. The molecule has 1 rings (SSSR count). The van der Waals surface area contributed by atoms with Crippen molar-refractivity contribution in [2.75, 3.05) is 7.11 Å². The maximum Gasteiger partial charge on any atom is 0.313 e. The van der Waals surface area contributed by atoms with Gasteiger partial charge in [-0.2, -0.15) is 0 Å². The number of ether oxygens (including phenoxy) is 1. The van der Waals surface area contributed by atoms with Gasteiger partial charge >= 0.3 is 11.9 Å². The zero-order valence-electron chi connectivity index (χ0n) is 10.3. The Morgan fingerprint density at radius 3 is 2.50 bits per heavy atom. The first-order chi connectivity index (χ1) is 8.40.